The topological polar surface area (TPSA) is 15.3 Å². The Hall–Kier alpha value is -0.290. The summed E-state index contributed by atoms with van der Waals surface area (Å²) in [5, 5.41) is 3.30. The zero-order valence-electron chi connectivity index (χ0n) is 9.56. The lowest BCUT2D eigenvalue weighted by molar-refractivity contribution is -0.186. The first-order chi connectivity index (χ1) is 7.48. The van der Waals surface area contributed by atoms with Crippen molar-refractivity contribution in [1.29, 1.82) is 0 Å². The second-order valence-electron chi connectivity index (χ2n) is 5.05. The van der Waals surface area contributed by atoms with Gasteiger partial charge in [-0.2, -0.15) is 13.2 Å². The Morgan fingerprint density at radius 1 is 1.12 bits per heavy atom. The Labute approximate surface area is 94.2 Å². The minimum absolute atomic E-state index is 0.271. The van der Waals surface area contributed by atoms with Gasteiger partial charge >= 0.3 is 6.18 Å². The van der Waals surface area contributed by atoms with Gasteiger partial charge in [-0.3, -0.25) is 4.90 Å². The second-order valence-corrected chi connectivity index (χ2v) is 5.05. The van der Waals surface area contributed by atoms with E-state index in [4.69, 9.17) is 0 Å². The molecule has 2 aliphatic rings. The van der Waals surface area contributed by atoms with Crippen LogP contribution in [-0.4, -0.2) is 43.3 Å². The van der Waals surface area contributed by atoms with Crippen molar-refractivity contribution in [2.75, 3.05) is 26.2 Å². The summed E-state index contributed by atoms with van der Waals surface area (Å²) in [6.45, 7) is 5.28. The van der Waals surface area contributed by atoms with Crippen LogP contribution < -0.4 is 5.32 Å². The van der Waals surface area contributed by atoms with Gasteiger partial charge in [0, 0.05) is 12.6 Å². The van der Waals surface area contributed by atoms with Crippen molar-refractivity contribution in [2.24, 2.45) is 11.8 Å². The summed E-state index contributed by atoms with van der Waals surface area (Å²) in [6, 6.07) is 0.439. The van der Waals surface area contributed by atoms with E-state index in [0.717, 1.165) is 13.1 Å². The molecular weight excluding hydrogens is 217 g/mol. The van der Waals surface area contributed by atoms with Crippen molar-refractivity contribution in [1.82, 2.24) is 10.2 Å². The number of hydrogen-bond acceptors (Lipinski definition) is 2. The standard InChI is InChI=1S/C11H19F3N2/c1-8-6-15-7-10(8)16-4-2-9(3-5-16)11(12,13)14/h8-10,15H,2-7H2,1H3. The molecule has 2 saturated heterocycles. The van der Waals surface area contributed by atoms with Crippen LogP contribution in [0.25, 0.3) is 0 Å². The summed E-state index contributed by atoms with van der Waals surface area (Å²) in [5.41, 5.74) is 0. The minimum atomic E-state index is -3.99. The SMILES string of the molecule is CC1CNCC1N1CCC(C(F)(F)F)CC1. The summed E-state index contributed by atoms with van der Waals surface area (Å²) in [5.74, 6) is -0.518. The molecule has 0 aromatic carbocycles. The predicted molar refractivity (Wildman–Crippen MR) is 56.2 cm³/mol. The van der Waals surface area contributed by atoms with Crippen LogP contribution in [0.3, 0.4) is 0 Å². The van der Waals surface area contributed by atoms with Crippen LogP contribution in [-0.2, 0) is 0 Å². The average Bonchev–Trinajstić information content (AvgIpc) is 2.63. The first-order valence-electron chi connectivity index (χ1n) is 6.00. The van der Waals surface area contributed by atoms with Gasteiger partial charge < -0.3 is 5.32 Å². The Morgan fingerprint density at radius 3 is 2.19 bits per heavy atom. The highest BCUT2D eigenvalue weighted by molar-refractivity contribution is 4.89. The van der Waals surface area contributed by atoms with Crippen molar-refractivity contribution in [2.45, 2.75) is 32.0 Å². The monoisotopic (exact) mass is 236 g/mol. The van der Waals surface area contributed by atoms with E-state index >= 15 is 0 Å². The molecule has 16 heavy (non-hydrogen) atoms. The predicted octanol–water partition coefficient (Wildman–Crippen LogP) is 1.87. The molecule has 0 amide bonds. The third-order valence-electron chi connectivity index (χ3n) is 3.94. The maximum Gasteiger partial charge on any atom is 0.391 e. The fraction of sp³-hybridized carbons (Fsp3) is 1.00. The molecule has 94 valence electrons. The Morgan fingerprint density at radius 2 is 1.75 bits per heavy atom. The quantitative estimate of drug-likeness (QED) is 0.747. The fourth-order valence-electron chi connectivity index (χ4n) is 2.84. The third-order valence-corrected chi connectivity index (χ3v) is 3.94. The Balaban J connectivity index is 1.85. The van der Waals surface area contributed by atoms with E-state index < -0.39 is 12.1 Å². The van der Waals surface area contributed by atoms with Gasteiger partial charge in [-0.05, 0) is 38.4 Å². The van der Waals surface area contributed by atoms with E-state index in [2.05, 4.69) is 17.1 Å². The first kappa shape index (κ1) is 12.2. The highest BCUT2D eigenvalue weighted by Gasteiger charge is 2.42. The largest absolute Gasteiger partial charge is 0.391 e. The summed E-state index contributed by atoms with van der Waals surface area (Å²) in [4.78, 5) is 2.23. The highest BCUT2D eigenvalue weighted by Crippen LogP contribution is 2.35. The molecule has 2 heterocycles. The zero-order chi connectivity index (χ0) is 11.8. The Bertz CT molecular complexity index is 234. The maximum atomic E-state index is 12.5. The van der Waals surface area contributed by atoms with Crippen molar-refractivity contribution in [3.8, 4) is 0 Å². The summed E-state index contributed by atoms with van der Waals surface area (Å²) >= 11 is 0. The van der Waals surface area contributed by atoms with Gasteiger partial charge in [0.05, 0.1) is 5.92 Å². The second kappa shape index (κ2) is 4.53. The van der Waals surface area contributed by atoms with Crippen molar-refractivity contribution < 1.29 is 13.2 Å². The molecule has 2 unspecified atom stereocenters. The number of nitrogens with one attached hydrogen (secondary N) is 1. The van der Waals surface area contributed by atoms with Gasteiger partial charge in [0.2, 0.25) is 0 Å². The van der Waals surface area contributed by atoms with Gasteiger partial charge in [0.1, 0.15) is 0 Å². The van der Waals surface area contributed by atoms with Crippen LogP contribution >= 0.6 is 0 Å². The molecule has 0 aromatic heterocycles. The van der Waals surface area contributed by atoms with Crippen LogP contribution in [0.15, 0.2) is 0 Å². The van der Waals surface area contributed by atoms with E-state index in [1.54, 1.807) is 0 Å². The van der Waals surface area contributed by atoms with Gasteiger partial charge in [-0.1, -0.05) is 6.92 Å². The fourth-order valence-corrected chi connectivity index (χ4v) is 2.84. The Kier molecular flexibility index (Phi) is 3.45. The molecule has 0 aliphatic carbocycles. The lowest BCUT2D eigenvalue weighted by Gasteiger charge is -2.37. The van der Waals surface area contributed by atoms with Crippen LogP contribution in [0.5, 0.6) is 0 Å². The molecule has 2 fully saturated rings. The lowest BCUT2D eigenvalue weighted by Crippen LogP contribution is -2.46. The first-order valence-corrected chi connectivity index (χ1v) is 6.00. The van der Waals surface area contributed by atoms with Gasteiger partial charge in [-0.25, -0.2) is 0 Å². The van der Waals surface area contributed by atoms with Gasteiger partial charge in [0.15, 0.2) is 0 Å². The van der Waals surface area contributed by atoms with E-state index in [9.17, 15) is 13.2 Å². The number of alkyl halides is 3. The molecule has 0 aromatic rings. The number of hydrogen-bond donors (Lipinski definition) is 1. The van der Waals surface area contributed by atoms with E-state index in [0.29, 0.717) is 25.0 Å². The number of piperidine rings is 1. The molecule has 0 radical (unpaired) electrons. The molecular formula is C11H19F3N2. The van der Waals surface area contributed by atoms with Gasteiger partial charge in [-0.15, -0.1) is 0 Å². The summed E-state index contributed by atoms with van der Waals surface area (Å²) in [7, 11) is 0. The zero-order valence-corrected chi connectivity index (χ0v) is 9.56. The van der Waals surface area contributed by atoms with Crippen LogP contribution in [0.4, 0.5) is 13.2 Å². The highest BCUT2D eigenvalue weighted by atomic mass is 19.4. The summed E-state index contributed by atoms with van der Waals surface area (Å²) in [6.07, 6.45) is -3.45. The normalized spacial score (nSPS) is 34.5. The van der Waals surface area contributed by atoms with Crippen LogP contribution in [0.2, 0.25) is 0 Å². The van der Waals surface area contributed by atoms with Crippen molar-refractivity contribution >= 4 is 0 Å². The molecule has 2 rings (SSSR count). The molecule has 0 saturated carbocycles. The number of likely N-dealkylation sites (tertiary alicyclic amines) is 1. The third kappa shape index (κ3) is 2.51. The van der Waals surface area contributed by atoms with E-state index in [1.165, 1.54) is 0 Å². The van der Waals surface area contributed by atoms with Gasteiger partial charge in [0.25, 0.3) is 0 Å². The molecule has 5 heteroatoms. The number of halogens is 3. The maximum absolute atomic E-state index is 12.5. The average molecular weight is 236 g/mol. The van der Waals surface area contributed by atoms with E-state index in [-0.39, 0.29) is 12.8 Å². The van der Waals surface area contributed by atoms with Crippen LogP contribution in [0, 0.1) is 11.8 Å². The molecule has 2 nitrogen and oxygen atoms in total. The van der Waals surface area contributed by atoms with Crippen LogP contribution in [0.1, 0.15) is 19.8 Å². The van der Waals surface area contributed by atoms with E-state index in [1.807, 2.05) is 0 Å². The molecule has 1 N–H and O–H groups in total. The van der Waals surface area contributed by atoms with Crippen molar-refractivity contribution in [3.05, 3.63) is 0 Å². The lowest BCUT2D eigenvalue weighted by atomic mass is 9.93. The smallest absolute Gasteiger partial charge is 0.315 e. The molecule has 0 spiro atoms. The molecule has 0 bridgehead atoms. The molecule has 2 aliphatic heterocycles. The number of nitrogens with zero attached hydrogens (tertiary/aromatic N) is 1. The summed E-state index contributed by atoms with van der Waals surface area (Å²) < 4.78 is 37.5. The van der Waals surface area contributed by atoms with Crippen molar-refractivity contribution in [3.63, 3.8) is 0 Å². The number of rotatable bonds is 1. The molecule has 2 atom stereocenters. The minimum Gasteiger partial charge on any atom is -0.315 e.